The molecule has 8 heteroatoms. The van der Waals surface area contributed by atoms with E-state index in [0.29, 0.717) is 38.3 Å². The first-order chi connectivity index (χ1) is 15.3. The molecule has 4 aliphatic rings. The van der Waals surface area contributed by atoms with Crippen LogP contribution >= 0.6 is 0 Å². The van der Waals surface area contributed by atoms with Gasteiger partial charge in [-0.05, 0) is 37.5 Å². The average molecular weight is 457 g/mol. The van der Waals surface area contributed by atoms with Gasteiger partial charge in [-0.15, -0.1) is 0 Å². The molecular formula is C24H40O8. The Bertz CT molecular complexity index is 549. The van der Waals surface area contributed by atoms with Crippen LogP contribution in [-0.2, 0) is 38.0 Å². The van der Waals surface area contributed by atoms with E-state index in [1.54, 1.807) is 0 Å². The maximum Gasteiger partial charge on any atom is 0.308 e. The van der Waals surface area contributed by atoms with Gasteiger partial charge in [0.05, 0.1) is 52.5 Å². The van der Waals surface area contributed by atoms with Crippen molar-refractivity contribution in [1.29, 1.82) is 0 Å². The van der Waals surface area contributed by atoms with Crippen LogP contribution in [0.25, 0.3) is 0 Å². The predicted octanol–water partition coefficient (Wildman–Crippen LogP) is 3.46. The summed E-state index contributed by atoms with van der Waals surface area (Å²) < 4.78 is 32.2. The molecule has 0 unspecified atom stereocenters. The lowest BCUT2D eigenvalue weighted by atomic mass is 9.78. The Labute approximate surface area is 191 Å². The summed E-state index contributed by atoms with van der Waals surface area (Å²) in [6.07, 6.45) is 7.54. The van der Waals surface area contributed by atoms with Crippen molar-refractivity contribution in [1.82, 2.24) is 0 Å². The Hall–Kier alpha value is -1.22. The first-order valence-corrected chi connectivity index (χ1v) is 12.1. The molecule has 4 rings (SSSR count). The maximum absolute atomic E-state index is 11.4. The number of carbonyl (C=O) groups is 2. The summed E-state index contributed by atoms with van der Waals surface area (Å²) in [5.41, 5.74) is 0. The molecule has 0 radical (unpaired) electrons. The molecule has 2 saturated heterocycles. The minimum atomic E-state index is -0.327. The van der Waals surface area contributed by atoms with E-state index in [1.807, 2.05) is 13.8 Å². The summed E-state index contributed by atoms with van der Waals surface area (Å²) in [7, 11) is 2.90. The smallest absolute Gasteiger partial charge is 0.308 e. The van der Waals surface area contributed by atoms with Crippen molar-refractivity contribution in [3.63, 3.8) is 0 Å². The predicted molar refractivity (Wildman–Crippen MR) is 116 cm³/mol. The van der Waals surface area contributed by atoms with Crippen molar-refractivity contribution in [2.75, 3.05) is 40.6 Å². The van der Waals surface area contributed by atoms with Crippen molar-refractivity contribution in [3.05, 3.63) is 0 Å². The van der Waals surface area contributed by atoms with Crippen LogP contribution in [0.2, 0.25) is 0 Å². The van der Waals surface area contributed by atoms with Crippen LogP contribution in [0.5, 0.6) is 0 Å². The Kier molecular flexibility index (Phi) is 8.95. The minimum Gasteiger partial charge on any atom is -0.469 e. The van der Waals surface area contributed by atoms with Gasteiger partial charge in [0.25, 0.3) is 0 Å². The number of hydrogen-bond acceptors (Lipinski definition) is 8. The molecule has 2 spiro atoms. The topological polar surface area (TPSA) is 89.5 Å². The summed E-state index contributed by atoms with van der Waals surface area (Å²) in [6.45, 7) is 6.72. The van der Waals surface area contributed by atoms with Gasteiger partial charge < -0.3 is 28.4 Å². The number of methoxy groups -OCH3 is 2. The molecule has 184 valence electrons. The van der Waals surface area contributed by atoms with Crippen molar-refractivity contribution >= 4 is 11.9 Å². The highest BCUT2D eigenvalue weighted by molar-refractivity contribution is 5.72. The van der Waals surface area contributed by atoms with Crippen molar-refractivity contribution < 1.29 is 38.0 Å². The van der Waals surface area contributed by atoms with E-state index in [2.05, 4.69) is 0 Å². The third-order valence-corrected chi connectivity index (χ3v) is 7.77. The zero-order valence-electron chi connectivity index (χ0n) is 20.1. The largest absolute Gasteiger partial charge is 0.469 e. The fourth-order valence-corrected chi connectivity index (χ4v) is 5.49. The summed E-state index contributed by atoms with van der Waals surface area (Å²) in [6, 6.07) is 0. The number of rotatable bonds is 4. The molecule has 32 heavy (non-hydrogen) atoms. The number of esters is 2. The van der Waals surface area contributed by atoms with Gasteiger partial charge in [-0.1, -0.05) is 13.8 Å². The Morgan fingerprint density at radius 1 is 0.656 bits per heavy atom. The van der Waals surface area contributed by atoms with Gasteiger partial charge >= 0.3 is 11.9 Å². The summed E-state index contributed by atoms with van der Waals surface area (Å²) >= 11 is 0. The SMILES string of the molecule is COC(=O)[C@@H](C)C1CCC2(CC1)OCCO2.COC(=O)[C@@H](C)C1CCC2(CC1)OCCO2. The molecule has 2 atom stereocenters. The molecule has 0 aromatic carbocycles. The normalized spacial score (nSPS) is 28.6. The second kappa shape index (κ2) is 11.3. The molecule has 2 heterocycles. The van der Waals surface area contributed by atoms with Crippen LogP contribution in [0.1, 0.15) is 65.2 Å². The van der Waals surface area contributed by atoms with E-state index < -0.39 is 0 Å². The number of ether oxygens (including phenoxy) is 6. The first-order valence-electron chi connectivity index (χ1n) is 12.1. The average Bonchev–Trinajstić information content (AvgIpc) is 3.48. The summed E-state index contributed by atoms with van der Waals surface area (Å²) in [5.74, 6) is -0.0637. The molecule has 0 N–H and O–H groups in total. The molecule has 2 aliphatic heterocycles. The van der Waals surface area contributed by atoms with E-state index in [-0.39, 0.29) is 35.3 Å². The van der Waals surface area contributed by atoms with Crippen molar-refractivity contribution in [2.24, 2.45) is 23.7 Å². The third kappa shape index (κ3) is 6.01. The molecule has 0 aromatic heterocycles. The highest BCUT2D eigenvalue weighted by Gasteiger charge is 2.43. The molecule has 0 amide bonds. The molecule has 2 saturated carbocycles. The number of carbonyl (C=O) groups excluding carboxylic acids is 2. The van der Waals surface area contributed by atoms with Crippen molar-refractivity contribution in [2.45, 2.75) is 76.8 Å². The molecule has 8 nitrogen and oxygen atoms in total. The first kappa shape index (κ1) is 25.4. The van der Waals surface area contributed by atoms with Gasteiger partial charge in [0.1, 0.15) is 0 Å². The van der Waals surface area contributed by atoms with Crippen LogP contribution in [0.3, 0.4) is 0 Å². The molecule has 2 aliphatic carbocycles. The fourth-order valence-electron chi connectivity index (χ4n) is 5.49. The molecule has 4 fully saturated rings. The van der Waals surface area contributed by atoms with E-state index in [0.717, 1.165) is 51.4 Å². The monoisotopic (exact) mass is 456 g/mol. The lowest BCUT2D eigenvalue weighted by Gasteiger charge is -2.36. The Balaban J connectivity index is 0.000000181. The summed E-state index contributed by atoms with van der Waals surface area (Å²) in [4.78, 5) is 22.9. The van der Waals surface area contributed by atoms with Crippen LogP contribution in [0.4, 0.5) is 0 Å². The summed E-state index contributed by atoms with van der Waals surface area (Å²) in [5, 5.41) is 0. The Morgan fingerprint density at radius 2 is 0.938 bits per heavy atom. The van der Waals surface area contributed by atoms with Gasteiger partial charge in [0.2, 0.25) is 0 Å². The van der Waals surface area contributed by atoms with Gasteiger partial charge in [-0.3, -0.25) is 9.59 Å². The Morgan fingerprint density at radius 3 is 1.19 bits per heavy atom. The minimum absolute atomic E-state index is 0.0104. The highest BCUT2D eigenvalue weighted by atomic mass is 16.7. The molecular weight excluding hydrogens is 416 g/mol. The zero-order valence-corrected chi connectivity index (χ0v) is 20.1. The lowest BCUT2D eigenvalue weighted by molar-refractivity contribution is -0.186. The quantitative estimate of drug-likeness (QED) is 0.594. The fraction of sp³-hybridized carbons (Fsp3) is 0.917. The van der Waals surface area contributed by atoms with Gasteiger partial charge in [-0.2, -0.15) is 0 Å². The van der Waals surface area contributed by atoms with E-state index in [1.165, 1.54) is 14.2 Å². The van der Waals surface area contributed by atoms with Gasteiger partial charge in [0, 0.05) is 25.7 Å². The lowest BCUT2D eigenvalue weighted by Crippen LogP contribution is -2.37. The standard InChI is InChI=1S/2C12H20O4/c2*1-9(11(13)14-2)10-3-5-12(6-4-10)15-7-8-16-12/h2*9-10H,3-8H2,1-2H3/t2*9-/m00/s1. The van der Waals surface area contributed by atoms with Crippen LogP contribution in [0, 0.1) is 23.7 Å². The highest BCUT2D eigenvalue weighted by Crippen LogP contribution is 2.42. The van der Waals surface area contributed by atoms with Gasteiger partial charge in [-0.25, -0.2) is 0 Å². The molecule has 0 bridgehead atoms. The zero-order chi connectivity index (χ0) is 23.2. The maximum atomic E-state index is 11.4. The molecule has 0 aromatic rings. The second-order valence-corrected chi connectivity index (χ2v) is 9.51. The van der Waals surface area contributed by atoms with E-state index >= 15 is 0 Å². The van der Waals surface area contributed by atoms with E-state index in [4.69, 9.17) is 28.4 Å². The van der Waals surface area contributed by atoms with Crippen LogP contribution < -0.4 is 0 Å². The van der Waals surface area contributed by atoms with Crippen LogP contribution in [-0.4, -0.2) is 64.2 Å². The number of hydrogen-bond donors (Lipinski definition) is 0. The van der Waals surface area contributed by atoms with Gasteiger partial charge in [0.15, 0.2) is 11.6 Å². The van der Waals surface area contributed by atoms with Crippen molar-refractivity contribution in [3.8, 4) is 0 Å². The second-order valence-electron chi connectivity index (χ2n) is 9.51. The van der Waals surface area contributed by atoms with E-state index in [9.17, 15) is 9.59 Å². The van der Waals surface area contributed by atoms with Crippen LogP contribution in [0.15, 0.2) is 0 Å². The third-order valence-electron chi connectivity index (χ3n) is 7.77.